The van der Waals surface area contributed by atoms with Gasteiger partial charge in [0.15, 0.2) is 12.2 Å². The van der Waals surface area contributed by atoms with E-state index in [9.17, 15) is 0 Å². The summed E-state index contributed by atoms with van der Waals surface area (Å²) < 4.78 is 8.76. The number of hydrogen-bond acceptors (Lipinski definition) is 4. The maximum atomic E-state index is 5.13. The van der Waals surface area contributed by atoms with Crippen molar-refractivity contribution in [1.82, 2.24) is 4.98 Å². The van der Waals surface area contributed by atoms with E-state index in [2.05, 4.69) is 21.8 Å². The maximum Gasteiger partial charge on any atom is 0.181 e. The summed E-state index contributed by atoms with van der Waals surface area (Å²) in [7, 11) is 0. The lowest BCUT2D eigenvalue weighted by molar-refractivity contribution is 0.572. The van der Waals surface area contributed by atoms with Gasteiger partial charge in [0.1, 0.15) is 0 Å². The first-order valence-electron chi connectivity index (χ1n) is 3.72. The van der Waals surface area contributed by atoms with Crippen LogP contribution in [0.2, 0.25) is 0 Å². The molecule has 0 N–H and O–H groups in total. The summed E-state index contributed by atoms with van der Waals surface area (Å²) in [6.45, 7) is 0. The third-order valence-electron chi connectivity index (χ3n) is 1.69. The van der Waals surface area contributed by atoms with Crippen molar-refractivity contribution in [3.63, 3.8) is 0 Å². The quantitative estimate of drug-likeness (QED) is 0.730. The predicted octanol–water partition coefficient (Wildman–Crippen LogP) is 2.70. The second-order valence-corrected chi connectivity index (χ2v) is 2.69. The van der Waals surface area contributed by atoms with Gasteiger partial charge in [-0.05, 0) is 24.3 Å². The molecule has 0 bridgehead atoms. The van der Waals surface area contributed by atoms with E-state index >= 15 is 0 Å². The number of hydrogen-bond donors (Lipinski definition) is 0. The zero-order valence-corrected chi connectivity index (χ0v) is 7.49. The highest BCUT2D eigenvalue weighted by Crippen LogP contribution is 2.21. The van der Waals surface area contributed by atoms with Crippen molar-refractivity contribution in [3.05, 3.63) is 36.9 Å². The van der Waals surface area contributed by atoms with Crippen molar-refractivity contribution in [2.45, 2.75) is 0 Å². The van der Waals surface area contributed by atoms with Crippen LogP contribution in [0.1, 0.15) is 0 Å². The first-order valence-corrected chi connectivity index (χ1v) is 4.09. The second kappa shape index (κ2) is 3.45. The van der Waals surface area contributed by atoms with Crippen molar-refractivity contribution in [1.29, 1.82) is 0 Å². The smallest absolute Gasteiger partial charge is 0.181 e. The highest BCUT2D eigenvalue weighted by atomic mass is 32.1. The maximum absolute atomic E-state index is 5.13. The Bertz CT molecular complexity index is 394. The van der Waals surface area contributed by atoms with E-state index in [1.54, 1.807) is 6.20 Å². The normalized spacial score (nSPS) is 9.85. The standard InChI is InChI=1S/C9H6N2OS/c13-11-8-3-1-7(2-4-8)9-5-10-6-12-9/h1-6H. The summed E-state index contributed by atoms with van der Waals surface area (Å²) >= 11 is 4.55. The summed E-state index contributed by atoms with van der Waals surface area (Å²) in [4.78, 5) is 3.83. The highest BCUT2D eigenvalue weighted by molar-refractivity contribution is 7.47. The molecule has 0 atom stereocenters. The second-order valence-electron chi connectivity index (χ2n) is 2.50. The Kier molecular flexibility index (Phi) is 2.14. The van der Waals surface area contributed by atoms with Gasteiger partial charge in [-0.15, -0.1) is 0 Å². The Morgan fingerprint density at radius 2 is 2.00 bits per heavy atom. The van der Waals surface area contributed by atoms with Crippen LogP contribution < -0.4 is 0 Å². The number of rotatable bonds is 2. The molecule has 0 saturated carbocycles. The molecule has 0 unspecified atom stereocenters. The molecule has 0 aliphatic heterocycles. The van der Waals surface area contributed by atoms with E-state index in [1.807, 2.05) is 24.3 Å². The predicted molar refractivity (Wildman–Crippen MR) is 51.4 cm³/mol. The molecule has 0 aliphatic carbocycles. The zero-order valence-electron chi connectivity index (χ0n) is 6.68. The summed E-state index contributed by atoms with van der Waals surface area (Å²) in [5.74, 6) is 0.746. The molecule has 3 nitrogen and oxygen atoms in total. The van der Waals surface area contributed by atoms with Crippen LogP contribution in [-0.2, 0) is 12.4 Å². The third kappa shape index (κ3) is 1.62. The molecule has 4 heteroatoms. The molecule has 0 spiro atoms. The van der Waals surface area contributed by atoms with Gasteiger partial charge >= 0.3 is 0 Å². The molecule has 0 fully saturated rings. The fourth-order valence-electron chi connectivity index (χ4n) is 1.04. The Labute approximate surface area is 80.6 Å². The molecule has 13 heavy (non-hydrogen) atoms. The van der Waals surface area contributed by atoms with Gasteiger partial charge in [0.2, 0.25) is 0 Å². The van der Waals surface area contributed by atoms with Gasteiger partial charge in [0, 0.05) is 18.0 Å². The lowest BCUT2D eigenvalue weighted by Crippen LogP contribution is -1.71. The number of oxazole rings is 1. The lowest BCUT2D eigenvalue weighted by Gasteiger charge is -1.94. The monoisotopic (exact) mass is 190 g/mol. The van der Waals surface area contributed by atoms with E-state index in [0.29, 0.717) is 0 Å². The summed E-state index contributed by atoms with van der Waals surface area (Å²) in [6.07, 6.45) is 3.07. The van der Waals surface area contributed by atoms with Crippen molar-refractivity contribution in [3.8, 4) is 11.3 Å². The number of nitrogens with zero attached hydrogens (tertiary/aromatic N) is 2. The first-order chi connectivity index (χ1) is 6.40. The van der Waals surface area contributed by atoms with Crippen LogP contribution in [0, 0.1) is 0 Å². The lowest BCUT2D eigenvalue weighted by atomic mass is 10.2. The molecule has 0 amide bonds. The minimum atomic E-state index is 0.746. The molecule has 0 radical (unpaired) electrons. The van der Waals surface area contributed by atoms with E-state index in [1.165, 1.54) is 6.39 Å². The zero-order chi connectivity index (χ0) is 9.10. The SMILES string of the molecule is S=Nc1ccc(-c2cnco2)cc1. The van der Waals surface area contributed by atoms with Crippen LogP contribution in [-0.4, -0.2) is 4.98 Å². The fourth-order valence-corrected chi connectivity index (χ4v) is 1.17. The van der Waals surface area contributed by atoms with Gasteiger partial charge < -0.3 is 4.42 Å². The highest BCUT2D eigenvalue weighted by Gasteiger charge is 1.99. The molecular weight excluding hydrogens is 184 g/mol. The molecular formula is C9H6N2OS. The van der Waals surface area contributed by atoms with Crippen LogP contribution in [0.15, 0.2) is 45.6 Å². The van der Waals surface area contributed by atoms with Crippen LogP contribution in [0.5, 0.6) is 0 Å². The number of aromatic nitrogens is 1. The molecule has 1 aromatic carbocycles. The van der Waals surface area contributed by atoms with Crippen LogP contribution in [0.25, 0.3) is 11.3 Å². The average Bonchev–Trinajstić information content (AvgIpc) is 2.71. The van der Waals surface area contributed by atoms with Gasteiger partial charge in [-0.3, -0.25) is 0 Å². The van der Waals surface area contributed by atoms with Crippen molar-refractivity contribution in [2.75, 3.05) is 0 Å². The van der Waals surface area contributed by atoms with Gasteiger partial charge in [0.25, 0.3) is 0 Å². The Morgan fingerprint density at radius 1 is 1.23 bits per heavy atom. The molecule has 1 aromatic heterocycles. The average molecular weight is 190 g/mol. The fraction of sp³-hybridized carbons (Fsp3) is 0. The third-order valence-corrected chi connectivity index (χ3v) is 1.90. The van der Waals surface area contributed by atoms with Crippen molar-refractivity contribution < 1.29 is 4.42 Å². The van der Waals surface area contributed by atoms with Crippen LogP contribution in [0.4, 0.5) is 5.69 Å². The molecule has 2 rings (SSSR count). The molecule has 64 valence electrons. The molecule has 2 aromatic rings. The van der Waals surface area contributed by atoms with Gasteiger partial charge in [0.05, 0.1) is 11.9 Å². The van der Waals surface area contributed by atoms with E-state index in [0.717, 1.165) is 17.0 Å². The van der Waals surface area contributed by atoms with Crippen molar-refractivity contribution >= 4 is 18.1 Å². The first kappa shape index (κ1) is 8.07. The van der Waals surface area contributed by atoms with E-state index in [4.69, 9.17) is 4.42 Å². The van der Waals surface area contributed by atoms with Crippen molar-refractivity contribution in [2.24, 2.45) is 4.36 Å². The molecule has 0 aliphatic rings. The Balaban J connectivity index is 2.38. The Hall–Kier alpha value is -1.55. The summed E-state index contributed by atoms with van der Waals surface area (Å²) in [5, 5.41) is 0. The minimum absolute atomic E-state index is 0.746. The largest absolute Gasteiger partial charge is 0.444 e. The molecule has 1 heterocycles. The molecule has 0 saturated heterocycles. The van der Waals surface area contributed by atoms with E-state index < -0.39 is 0 Å². The van der Waals surface area contributed by atoms with Crippen LogP contribution >= 0.6 is 0 Å². The van der Waals surface area contributed by atoms with Gasteiger partial charge in [-0.25, -0.2) is 4.98 Å². The van der Waals surface area contributed by atoms with Gasteiger partial charge in [-0.1, -0.05) is 0 Å². The Morgan fingerprint density at radius 3 is 2.54 bits per heavy atom. The minimum Gasteiger partial charge on any atom is -0.444 e. The topological polar surface area (TPSA) is 38.4 Å². The summed E-state index contributed by atoms with van der Waals surface area (Å²) in [5.41, 5.74) is 1.75. The van der Waals surface area contributed by atoms with Gasteiger partial charge in [-0.2, -0.15) is 4.36 Å². The van der Waals surface area contributed by atoms with E-state index in [-0.39, 0.29) is 0 Å². The van der Waals surface area contributed by atoms with Crippen LogP contribution in [0.3, 0.4) is 0 Å². The summed E-state index contributed by atoms with van der Waals surface area (Å²) in [6, 6.07) is 7.47. The number of benzene rings is 1.